The summed E-state index contributed by atoms with van der Waals surface area (Å²) in [6, 6.07) is 12.8. The minimum absolute atomic E-state index is 0.0935. The van der Waals surface area contributed by atoms with Gasteiger partial charge in [0.2, 0.25) is 5.91 Å². The number of nitrogens with zero attached hydrogens (tertiary/aromatic N) is 1. The molecule has 4 rings (SSSR count). The lowest BCUT2D eigenvalue weighted by molar-refractivity contribution is -0.119. The van der Waals surface area contributed by atoms with Crippen molar-refractivity contribution in [2.24, 2.45) is 5.92 Å². The largest absolute Gasteiger partial charge is 0.489 e. The number of carbonyl (C=O) groups is 1. The van der Waals surface area contributed by atoms with Crippen molar-refractivity contribution >= 4 is 17.5 Å². The van der Waals surface area contributed by atoms with Crippen LogP contribution in [0.25, 0.3) is 0 Å². The van der Waals surface area contributed by atoms with E-state index in [9.17, 15) is 9.18 Å². The summed E-state index contributed by atoms with van der Waals surface area (Å²) in [7, 11) is 0. The van der Waals surface area contributed by atoms with E-state index in [4.69, 9.17) is 16.3 Å². The molecular weight excluding hydrogens is 367 g/mol. The Morgan fingerprint density at radius 1 is 1.26 bits per heavy atom. The molecule has 2 aromatic rings. The number of nitrogens with one attached hydrogen (secondary N) is 1. The molecule has 2 fully saturated rings. The molecule has 2 saturated heterocycles. The third-order valence-electron chi connectivity index (χ3n) is 5.36. The summed E-state index contributed by atoms with van der Waals surface area (Å²) in [5, 5.41) is 3.43. The van der Waals surface area contributed by atoms with E-state index in [1.807, 2.05) is 18.2 Å². The lowest BCUT2D eigenvalue weighted by Gasteiger charge is -2.34. The van der Waals surface area contributed by atoms with Crippen molar-refractivity contribution in [3.05, 3.63) is 64.4 Å². The Labute approximate surface area is 163 Å². The lowest BCUT2D eigenvalue weighted by atomic mass is 9.93. The molecular formula is C21H22ClFN2O2. The number of ether oxygens (including phenoxy) is 1. The highest BCUT2D eigenvalue weighted by atomic mass is 35.5. The van der Waals surface area contributed by atoms with Crippen molar-refractivity contribution in [2.45, 2.75) is 32.0 Å². The number of rotatable bonds is 5. The third-order valence-corrected chi connectivity index (χ3v) is 5.72. The molecule has 2 aromatic carbocycles. The van der Waals surface area contributed by atoms with Crippen LogP contribution in [0, 0.1) is 11.7 Å². The molecule has 0 radical (unpaired) electrons. The Hall–Kier alpha value is -2.11. The van der Waals surface area contributed by atoms with Gasteiger partial charge in [0.05, 0.1) is 5.02 Å². The van der Waals surface area contributed by atoms with Gasteiger partial charge in [-0.25, -0.2) is 4.39 Å². The molecule has 2 heterocycles. The maximum absolute atomic E-state index is 13.9. The van der Waals surface area contributed by atoms with Crippen LogP contribution in [0.3, 0.4) is 0 Å². The van der Waals surface area contributed by atoms with Crippen LogP contribution in [-0.2, 0) is 17.9 Å². The molecule has 0 aromatic heterocycles. The molecule has 2 aliphatic rings. The van der Waals surface area contributed by atoms with E-state index < -0.39 is 0 Å². The van der Waals surface area contributed by atoms with Gasteiger partial charge in [0.25, 0.3) is 0 Å². The first kappa shape index (κ1) is 18.3. The van der Waals surface area contributed by atoms with Crippen molar-refractivity contribution in [1.82, 2.24) is 10.2 Å². The van der Waals surface area contributed by atoms with Crippen LogP contribution >= 0.6 is 11.6 Å². The van der Waals surface area contributed by atoms with Crippen LogP contribution in [0.1, 0.15) is 24.0 Å². The first-order chi connectivity index (χ1) is 13.1. The number of benzene rings is 2. The van der Waals surface area contributed by atoms with Crippen LogP contribution in [-0.4, -0.2) is 29.9 Å². The third kappa shape index (κ3) is 4.25. The van der Waals surface area contributed by atoms with Gasteiger partial charge in [-0.2, -0.15) is 0 Å². The topological polar surface area (TPSA) is 41.6 Å². The van der Waals surface area contributed by atoms with Gasteiger partial charge in [0, 0.05) is 43.6 Å². The molecule has 1 N–H and O–H groups in total. The van der Waals surface area contributed by atoms with Gasteiger partial charge in [0.1, 0.15) is 18.2 Å². The highest BCUT2D eigenvalue weighted by molar-refractivity contribution is 6.31. The summed E-state index contributed by atoms with van der Waals surface area (Å²) in [5.74, 6) is 0.920. The number of piperidine rings is 1. The second kappa shape index (κ2) is 7.87. The predicted molar refractivity (Wildman–Crippen MR) is 102 cm³/mol. The standard InChI is InChI=1S/C21H22ClFN2O2/c22-18-5-2-6-19(23)17(18)13-27-16-4-1-3-14(9-16)11-25-8-7-20-15(12-25)10-21(26)24-20/h1-6,9,15,20H,7-8,10-13H2,(H,24,26)/t15-,20+/m1/s1. The van der Waals surface area contributed by atoms with Crippen molar-refractivity contribution in [1.29, 1.82) is 0 Å². The van der Waals surface area contributed by atoms with Gasteiger partial charge in [-0.15, -0.1) is 0 Å². The number of fused-ring (bicyclic) bond motifs is 1. The second-order valence-electron chi connectivity index (χ2n) is 7.30. The van der Waals surface area contributed by atoms with Gasteiger partial charge in [-0.3, -0.25) is 9.69 Å². The summed E-state index contributed by atoms with van der Waals surface area (Å²) < 4.78 is 19.6. The number of hydrogen-bond acceptors (Lipinski definition) is 3. The van der Waals surface area contributed by atoms with E-state index in [2.05, 4.69) is 16.3 Å². The molecule has 142 valence electrons. The maximum atomic E-state index is 13.9. The summed E-state index contributed by atoms with van der Waals surface area (Å²) in [6.45, 7) is 2.81. The molecule has 0 bridgehead atoms. The molecule has 0 spiro atoms. The van der Waals surface area contributed by atoms with Crippen LogP contribution in [0.4, 0.5) is 4.39 Å². The zero-order valence-corrected chi connectivity index (χ0v) is 15.7. The molecule has 27 heavy (non-hydrogen) atoms. The molecule has 0 saturated carbocycles. The minimum Gasteiger partial charge on any atom is -0.489 e. The average Bonchev–Trinajstić information content (AvgIpc) is 3.01. The Kier molecular flexibility index (Phi) is 5.32. The first-order valence-corrected chi connectivity index (χ1v) is 9.62. The Balaban J connectivity index is 1.37. The van der Waals surface area contributed by atoms with Crippen LogP contribution in [0.5, 0.6) is 5.75 Å². The van der Waals surface area contributed by atoms with Crippen molar-refractivity contribution in [3.63, 3.8) is 0 Å². The van der Waals surface area contributed by atoms with Gasteiger partial charge >= 0.3 is 0 Å². The summed E-state index contributed by atoms with van der Waals surface area (Å²) in [4.78, 5) is 14.0. The van der Waals surface area contributed by atoms with Crippen LogP contribution < -0.4 is 10.1 Å². The van der Waals surface area contributed by atoms with E-state index >= 15 is 0 Å². The summed E-state index contributed by atoms with van der Waals surface area (Å²) >= 11 is 6.05. The Morgan fingerprint density at radius 3 is 2.96 bits per heavy atom. The summed E-state index contributed by atoms with van der Waals surface area (Å²) in [6.07, 6.45) is 1.63. The van der Waals surface area contributed by atoms with Crippen LogP contribution in [0.2, 0.25) is 5.02 Å². The SMILES string of the molecule is O=C1C[C@@H]2CN(Cc3cccc(OCc4c(F)cccc4Cl)c3)CC[C@@H]2N1. The van der Waals surface area contributed by atoms with Crippen molar-refractivity contribution < 1.29 is 13.9 Å². The molecule has 6 heteroatoms. The van der Waals surface area contributed by atoms with E-state index in [0.29, 0.717) is 34.7 Å². The second-order valence-corrected chi connectivity index (χ2v) is 7.71. The predicted octanol–water partition coefficient (Wildman–Crippen LogP) is 3.77. The van der Waals surface area contributed by atoms with E-state index in [0.717, 1.165) is 31.6 Å². The van der Waals surface area contributed by atoms with E-state index in [1.165, 1.54) is 6.07 Å². The fourth-order valence-electron chi connectivity index (χ4n) is 3.97. The Morgan fingerprint density at radius 2 is 2.11 bits per heavy atom. The normalized spacial score (nSPS) is 22.4. The molecule has 2 aliphatic heterocycles. The summed E-state index contributed by atoms with van der Waals surface area (Å²) in [5.41, 5.74) is 1.51. The fourth-order valence-corrected chi connectivity index (χ4v) is 4.19. The number of likely N-dealkylation sites (tertiary alicyclic amines) is 1. The molecule has 4 nitrogen and oxygen atoms in total. The molecule has 0 unspecified atom stereocenters. The van der Waals surface area contributed by atoms with Crippen LogP contribution in [0.15, 0.2) is 42.5 Å². The number of hydrogen-bond donors (Lipinski definition) is 1. The smallest absolute Gasteiger partial charge is 0.220 e. The number of carbonyl (C=O) groups excluding carboxylic acids is 1. The minimum atomic E-state index is -0.360. The van der Waals surface area contributed by atoms with E-state index in [1.54, 1.807) is 12.1 Å². The lowest BCUT2D eigenvalue weighted by Crippen LogP contribution is -2.44. The highest BCUT2D eigenvalue weighted by Gasteiger charge is 2.36. The first-order valence-electron chi connectivity index (χ1n) is 9.25. The number of amides is 1. The monoisotopic (exact) mass is 388 g/mol. The molecule has 1 amide bonds. The van der Waals surface area contributed by atoms with Gasteiger partial charge in [-0.1, -0.05) is 29.8 Å². The Bertz CT molecular complexity index is 824. The fraction of sp³-hybridized carbons (Fsp3) is 0.381. The van der Waals surface area contributed by atoms with Crippen molar-refractivity contribution in [3.8, 4) is 5.75 Å². The highest BCUT2D eigenvalue weighted by Crippen LogP contribution is 2.27. The zero-order chi connectivity index (χ0) is 18.8. The maximum Gasteiger partial charge on any atom is 0.220 e. The molecule has 2 atom stereocenters. The molecule has 0 aliphatic carbocycles. The van der Waals surface area contributed by atoms with Gasteiger partial charge in [0.15, 0.2) is 0 Å². The van der Waals surface area contributed by atoms with Gasteiger partial charge in [-0.05, 0) is 36.2 Å². The van der Waals surface area contributed by atoms with E-state index in [-0.39, 0.29) is 18.3 Å². The average molecular weight is 389 g/mol. The number of halogens is 2. The quantitative estimate of drug-likeness (QED) is 0.847. The van der Waals surface area contributed by atoms with Crippen molar-refractivity contribution in [2.75, 3.05) is 13.1 Å². The zero-order valence-electron chi connectivity index (χ0n) is 15.0. The van der Waals surface area contributed by atoms with Gasteiger partial charge < -0.3 is 10.1 Å².